The Labute approximate surface area is 152 Å². The minimum absolute atomic E-state index is 0.0778. The number of rotatable bonds is 5. The van der Waals surface area contributed by atoms with Crippen molar-refractivity contribution in [2.24, 2.45) is 0 Å². The summed E-state index contributed by atoms with van der Waals surface area (Å²) >= 11 is 0. The zero-order chi connectivity index (χ0) is 19.4. The highest BCUT2D eigenvalue weighted by atomic mass is 19.4. The van der Waals surface area contributed by atoms with Crippen molar-refractivity contribution in [1.82, 2.24) is 9.97 Å². The van der Waals surface area contributed by atoms with Crippen molar-refractivity contribution in [3.63, 3.8) is 0 Å². The molecule has 3 rings (SSSR count). The molecule has 0 spiro atoms. The molecule has 3 aromatic rings. The van der Waals surface area contributed by atoms with Crippen LogP contribution in [0.25, 0.3) is 11.3 Å². The molecule has 2 N–H and O–H groups in total. The molecule has 0 saturated heterocycles. The Hall–Kier alpha value is -3.29. The number of benzene rings is 2. The molecule has 8 heteroatoms. The van der Waals surface area contributed by atoms with Crippen molar-refractivity contribution in [3.05, 3.63) is 76.1 Å². The van der Waals surface area contributed by atoms with Crippen molar-refractivity contribution in [2.45, 2.75) is 12.7 Å². The molecule has 0 aliphatic heterocycles. The molecule has 140 valence electrons. The predicted molar refractivity (Wildman–Crippen MR) is 95.6 cm³/mol. The van der Waals surface area contributed by atoms with Gasteiger partial charge in [0, 0.05) is 18.2 Å². The summed E-state index contributed by atoms with van der Waals surface area (Å²) < 4.78 is 43.5. The third kappa shape index (κ3) is 4.66. The minimum Gasteiger partial charge on any atom is -0.497 e. The zero-order valence-electron chi connectivity index (χ0n) is 14.3. The van der Waals surface area contributed by atoms with E-state index in [-0.39, 0.29) is 18.1 Å². The lowest BCUT2D eigenvalue weighted by Crippen LogP contribution is -2.13. The minimum atomic E-state index is -4.41. The lowest BCUT2D eigenvalue weighted by atomic mass is 10.1. The van der Waals surface area contributed by atoms with Crippen LogP contribution >= 0.6 is 0 Å². The number of hydrogen-bond donors (Lipinski definition) is 2. The quantitative estimate of drug-likeness (QED) is 0.705. The largest absolute Gasteiger partial charge is 0.497 e. The molecule has 0 fully saturated rings. The van der Waals surface area contributed by atoms with Gasteiger partial charge in [0.25, 0.3) is 5.56 Å². The summed E-state index contributed by atoms with van der Waals surface area (Å²) in [6.45, 7) is 0.0778. The van der Waals surface area contributed by atoms with Gasteiger partial charge in [0.2, 0.25) is 5.95 Å². The first kappa shape index (κ1) is 18.5. The number of aromatic amines is 1. The first-order valence-corrected chi connectivity index (χ1v) is 8.01. The second-order valence-corrected chi connectivity index (χ2v) is 5.76. The third-order valence-electron chi connectivity index (χ3n) is 3.82. The van der Waals surface area contributed by atoms with Crippen LogP contribution in [-0.2, 0) is 12.7 Å². The lowest BCUT2D eigenvalue weighted by Gasteiger charge is -2.10. The van der Waals surface area contributed by atoms with Crippen molar-refractivity contribution in [2.75, 3.05) is 12.4 Å². The molecule has 27 heavy (non-hydrogen) atoms. The van der Waals surface area contributed by atoms with Gasteiger partial charge in [-0.05, 0) is 29.8 Å². The maximum absolute atomic E-state index is 12.8. The number of hydrogen-bond acceptors (Lipinski definition) is 4. The molecule has 0 aliphatic carbocycles. The van der Waals surface area contributed by atoms with Gasteiger partial charge in [0.15, 0.2) is 0 Å². The second kappa shape index (κ2) is 7.53. The number of aromatic nitrogens is 2. The van der Waals surface area contributed by atoms with Gasteiger partial charge >= 0.3 is 6.18 Å². The van der Waals surface area contributed by atoms with Gasteiger partial charge in [-0.3, -0.25) is 9.78 Å². The van der Waals surface area contributed by atoms with Gasteiger partial charge in [0.1, 0.15) is 5.75 Å². The Morgan fingerprint density at radius 1 is 1.11 bits per heavy atom. The summed E-state index contributed by atoms with van der Waals surface area (Å²) in [6.07, 6.45) is -4.41. The highest BCUT2D eigenvalue weighted by molar-refractivity contribution is 5.62. The normalized spacial score (nSPS) is 11.3. The van der Waals surface area contributed by atoms with Crippen LogP contribution in [0.1, 0.15) is 11.1 Å². The smallest absolute Gasteiger partial charge is 0.416 e. The molecule has 2 aromatic carbocycles. The average Bonchev–Trinajstić information content (AvgIpc) is 2.65. The van der Waals surface area contributed by atoms with Crippen LogP contribution in [0.15, 0.2) is 59.4 Å². The van der Waals surface area contributed by atoms with Crippen molar-refractivity contribution >= 4 is 5.95 Å². The fraction of sp³-hybridized carbons (Fsp3) is 0.158. The monoisotopic (exact) mass is 375 g/mol. The van der Waals surface area contributed by atoms with Crippen LogP contribution in [0, 0.1) is 0 Å². The number of nitrogens with zero attached hydrogens (tertiary/aromatic N) is 1. The molecular weight excluding hydrogens is 359 g/mol. The predicted octanol–water partition coefficient (Wildman–Crippen LogP) is 4.08. The molecule has 5 nitrogen and oxygen atoms in total. The molecule has 0 aliphatic rings. The van der Waals surface area contributed by atoms with Gasteiger partial charge < -0.3 is 10.1 Å². The van der Waals surface area contributed by atoms with Crippen molar-refractivity contribution in [1.29, 1.82) is 0 Å². The summed E-state index contributed by atoms with van der Waals surface area (Å²) in [7, 11) is 1.53. The van der Waals surface area contributed by atoms with Gasteiger partial charge in [-0.1, -0.05) is 24.3 Å². The van der Waals surface area contributed by atoms with Crippen molar-refractivity contribution < 1.29 is 17.9 Å². The zero-order valence-corrected chi connectivity index (χ0v) is 14.3. The van der Waals surface area contributed by atoms with E-state index in [1.165, 1.54) is 19.2 Å². The maximum atomic E-state index is 12.8. The second-order valence-electron chi connectivity index (χ2n) is 5.76. The average molecular weight is 375 g/mol. The Kier molecular flexibility index (Phi) is 5.16. The van der Waals surface area contributed by atoms with E-state index in [1.54, 1.807) is 30.3 Å². The molecule has 0 saturated carbocycles. The Balaban J connectivity index is 1.82. The van der Waals surface area contributed by atoms with Gasteiger partial charge in [-0.2, -0.15) is 13.2 Å². The van der Waals surface area contributed by atoms with E-state index in [4.69, 9.17) is 4.74 Å². The molecule has 0 atom stereocenters. The maximum Gasteiger partial charge on any atom is 0.416 e. The number of ether oxygens (including phenoxy) is 1. The lowest BCUT2D eigenvalue weighted by molar-refractivity contribution is -0.137. The van der Waals surface area contributed by atoms with Gasteiger partial charge in [-0.25, -0.2) is 4.98 Å². The van der Waals surface area contributed by atoms with Crippen LogP contribution < -0.4 is 15.6 Å². The summed E-state index contributed by atoms with van der Waals surface area (Å²) in [6, 6.07) is 13.3. The number of methoxy groups -OCH3 is 1. The number of nitrogens with one attached hydrogen (secondary N) is 2. The van der Waals surface area contributed by atoms with E-state index in [0.29, 0.717) is 22.6 Å². The van der Waals surface area contributed by atoms with Crippen LogP contribution in [-0.4, -0.2) is 17.1 Å². The van der Waals surface area contributed by atoms with Crippen molar-refractivity contribution in [3.8, 4) is 17.0 Å². The van der Waals surface area contributed by atoms with E-state index in [1.807, 2.05) is 0 Å². The van der Waals surface area contributed by atoms with Gasteiger partial charge in [-0.15, -0.1) is 0 Å². The fourth-order valence-electron chi connectivity index (χ4n) is 2.52. The Bertz CT molecular complexity index is 1000. The number of H-pyrrole nitrogens is 1. The molecular formula is C19H16F3N3O2. The van der Waals surface area contributed by atoms with Crippen LogP contribution in [0.3, 0.4) is 0 Å². The Morgan fingerprint density at radius 3 is 2.63 bits per heavy atom. The topological polar surface area (TPSA) is 67.0 Å². The molecule has 1 heterocycles. The number of anilines is 1. The van der Waals surface area contributed by atoms with Gasteiger partial charge in [0.05, 0.1) is 18.4 Å². The molecule has 1 aromatic heterocycles. The van der Waals surface area contributed by atoms with E-state index < -0.39 is 11.7 Å². The number of halogens is 3. The summed E-state index contributed by atoms with van der Waals surface area (Å²) in [5.41, 5.74) is 0.411. The SMILES string of the molecule is COc1cccc(-c2cc(=O)[nH]c(NCc3cccc(C(F)(F)F)c3)n2)c1. The summed E-state index contributed by atoms with van der Waals surface area (Å²) in [5.74, 6) is 0.783. The fourth-order valence-corrected chi connectivity index (χ4v) is 2.52. The first-order valence-electron chi connectivity index (χ1n) is 8.01. The highest BCUT2D eigenvalue weighted by Crippen LogP contribution is 2.29. The first-order chi connectivity index (χ1) is 12.8. The number of alkyl halides is 3. The van der Waals surface area contributed by atoms with E-state index >= 15 is 0 Å². The van der Waals surface area contributed by atoms with E-state index in [0.717, 1.165) is 12.1 Å². The van der Waals surface area contributed by atoms with E-state index in [9.17, 15) is 18.0 Å². The summed E-state index contributed by atoms with van der Waals surface area (Å²) in [5, 5.41) is 2.85. The van der Waals surface area contributed by atoms with Crippen LogP contribution in [0.4, 0.5) is 19.1 Å². The third-order valence-corrected chi connectivity index (χ3v) is 3.82. The highest BCUT2D eigenvalue weighted by Gasteiger charge is 2.30. The molecule has 0 radical (unpaired) electrons. The molecule has 0 amide bonds. The Morgan fingerprint density at radius 2 is 1.89 bits per heavy atom. The van der Waals surface area contributed by atoms with Crippen LogP contribution in [0.2, 0.25) is 0 Å². The van der Waals surface area contributed by atoms with Crippen LogP contribution in [0.5, 0.6) is 5.75 Å². The standard InChI is InChI=1S/C19H16F3N3O2/c1-27-15-7-3-5-13(9-15)16-10-17(26)25-18(24-16)23-11-12-4-2-6-14(8-12)19(20,21)22/h2-10H,11H2,1H3,(H2,23,24,25,26). The molecule has 0 bridgehead atoms. The molecule has 0 unspecified atom stereocenters. The van der Waals surface area contributed by atoms with E-state index in [2.05, 4.69) is 15.3 Å². The summed E-state index contributed by atoms with van der Waals surface area (Å²) in [4.78, 5) is 18.8.